The number of nitrogens with one attached hydrogen (secondary N) is 2. The molecule has 1 saturated heterocycles. The third-order valence-electron chi connectivity index (χ3n) is 5.68. The maximum atomic E-state index is 13.0. The van der Waals surface area contributed by atoms with Crippen LogP contribution < -0.4 is 10.6 Å². The number of amides is 2. The van der Waals surface area contributed by atoms with E-state index in [2.05, 4.69) is 15.5 Å². The summed E-state index contributed by atoms with van der Waals surface area (Å²) in [5, 5.41) is 5.70. The van der Waals surface area contributed by atoms with Gasteiger partial charge in [-0.25, -0.2) is 13.2 Å². The lowest BCUT2D eigenvalue weighted by atomic mass is 9.89. The van der Waals surface area contributed by atoms with E-state index in [1.165, 1.54) is 32.1 Å². The third-order valence-corrected chi connectivity index (χ3v) is 7.58. The summed E-state index contributed by atoms with van der Waals surface area (Å²) in [6.07, 6.45) is 6.91. The topological polar surface area (TPSA) is 81.8 Å². The second kappa shape index (κ2) is 9.71. The highest BCUT2D eigenvalue weighted by molar-refractivity contribution is 7.89. The Kier molecular flexibility index (Phi) is 7.31. The van der Waals surface area contributed by atoms with Gasteiger partial charge in [0.2, 0.25) is 10.0 Å². The summed E-state index contributed by atoms with van der Waals surface area (Å²) in [4.78, 5) is 14.6. The van der Waals surface area contributed by atoms with Gasteiger partial charge in [0.05, 0.1) is 4.90 Å². The van der Waals surface area contributed by atoms with Crippen LogP contribution in [0.1, 0.15) is 38.5 Å². The van der Waals surface area contributed by atoms with E-state index in [9.17, 15) is 13.2 Å². The van der Waals surface area contributed by atoms with Gasteiger partial charge in [-0.1, -0.05) is 25.3 Å². The number of nitrogens with zero attached hydrogens (tertiary/aromatic N) is 2. The average Bonchev–Trinajstić information content (AvgIpc) is 2.92. The smallest absolute Gasteiger partial charge is 0.319 e. The molecule has 1 aromatic carbocycles. The van der Waals surface area contributed by atoms with Crippen molar-refractivity contribution in [3.8, 4) is 0 Å². The van der Waals surface area contributed by atoms with Crippen molar-refractivity contribution in [2.45, 2.75) is 43.4 Å². The molecule has 0 radical (unpaired) electrons. The first-order valence-electron chi connectivity index (χ1n) is 10.3. The zero-order valence-electron chi connectivity index (χ0n) is 16.7. The molecule has 0 bridgehead atoms. The Morgan fingerprint density at radius 3 is 2.64 bits per heavy atom. The number of anilines is 1. The van der Waals surface area contributed by atoms with Gasteiger partial charge >= 0.3 is 6.03 Å². The molecule has 2 amide bonds. The average molecular weight is 409 g/mol. The van der Waals surface area contributed by atoms with Gasteiger partial charge in [0.1, 0.15) is 0 Å². The fraction of sp³-hybridized carbons (Fsp3) is 0.650. The normalized spacial score (nSPS) is 20.5. The fourth-order valence-electron chi connectivity index (χ4n) is 3.95. The molecule has 8 heteroatoms. The number of rotatable bonds is 5. The summed E-state index contributed by atoms with van der Waals surface area (Å²) >= 11 is 0. The second-order valence-electron chi connectivity index (χ2n) is 7.93. The van der Waals surface area contributed by atoms with Crippen LogP contribution in [-0.4, -0.2) is 63.4 Å². The van der Waals surface area contributed by atoms with E-state index in [0.29, 0.717) is 31.2 Å². The first kappa shape index (κ1) is 21.1. The largest absolute Gasteiger partial charge is 0.338 e. The van der Waals surface area contributed by atoms with E-state index in [1.807, 2.05) is 7.05 Å². The molecular weight excluding hydrogens is 376 g/mol. The van der Waals surface area contributed by atoms with Gasteiger partial charge in [-0.15, -0.1) is 0 Å². The van der Waals surface area contributed by atoms with Crippen LogP contribution in [0.15, 0.2) is 29.2 Å². The van der Waals surface area contributed by atoms with Crippen LogP contribution in [0.4, 0.5) is 10.5 Å². The lowest BCUT2D eigenvalue weighted by Gasteiger charge is -2.22. The number of carbonyl (C=O) groups excluding carboxylic acids is 1. The zero-order valence-corrected chi connectivity index (χ0v) is 17.5. The van der Waals surface area contributed by atoms with Crippen LogP contribution in [0.5, 0.6) is 0 Å². The molecule has 3 rings (SSSR count). The molecule has 0 spiro atoms. The number of sulfonamides is 1. The number of urea groups is 1. The van der Waals surface area contributed by atoms with Crippen molar-refractivity contribution < 1.29 is 13.2 Å². The second-order valence-corrected chi connectivity index (χ2v) is 9.87. The fourth-order valence-corrected chi connectivity index (χ4v) is 5.47. The van der Waals surface area contributed by atoms with Crippen molar-refractivity contribution in [1.29, 1.82) is 0 Å². The Morgan fingerprint density at radius 2 is 1.86 bits per heavy atom. The van der Waals surface area contributed by atoms with Gasteiger partial charge in [-0.05, 0) is 57.0 Å². The number of carbonyl (C=O) groups is 1. The molecule has 28 heavy (non-hydrogen) atoms. The lowest BCUT2D eigenvalue weighted by Crippen LogP contribution is -2.35. The van der Waals surface area contributed by atoms with Crippen LogP contribution in [0, 0.1) is 5.92 Å². The summed E-state index contributed by atoms with van der Waals surface area (Å²) in [6, 6.07) is 6.25. The third kappa shape index (κ3) is 5.68. The highest BCUT2D eigenvalue weighted by Gasteiger charge is 2.26. The first-order valence-corrected chi connectivity index (χ1v) is 11.7. The molecule has 2 aliphatic rings. The monoisotopic (exact) mass is 408 g/mol. The van der Waals surface area contributed by atoms with E-state index >= 15 is 0 Å². The molecule has 1 aromatic rings. The molecule has 2 N–H and O–H groups in total. The van der Waals surface area contributed by atoms with Crippen LogP contribution in [-0.2, 0) is 10.0 Å². The van der Waals surface area contributed by atoms with Gasteiger partial charge in [-0.2, -0.15) is 4.31 Å². The number of benzene rings is 1. The Morgan fingerprint density at radius 1 is 1.07 bits per heavy atom. The summed E-state index contributed by atoms with van der Waals surface area (Å²) in [7, 11) is -1.56. The molecule has 1 aliphatic carbocycles. The first-order chi connectivity index (χ1) is 13.4. The minimum absolute atomic E-state index is 0.224. The minimum atomic E-state index is -3.56. The van der Waals surface area contributed by atoms with E-state index in [1.54, 1.807) is 28.6 Å². The summed E-state index contributed by atoms with van der Waals surface area (Å²) in [5.74, 6) is 0.548. The van der Waals surface area contributed by atoms with E-state index in [4.69, 9.17) is 0 Å². The minimum Gasteiger partial charge on any atom is -0.338 e. The molecule has 156 valence electrons. The molecular formula is C20H32N4O3S. The van der Waals surface area contributed by atoms with Crippen molar-refractivity contribution in [2.75, 3.05) is 45.1 Å². The maximum Gasteiger partial charge on any atom is 0.319 e. The zero-order chi connectivity index (χ0) is 20.0. The van der Waals surface area contributed by atoms with E-state index in [0.717, 1.165) is 19.5 Å². The van der Waals surface area contributed by atoms with Crippen LogP contribution >= 0.6 is 0 Å². The standard InChI is InChI=1S/C20H32N4O3S/c1-23-11-6-12-24(14-13-23)28(26,27)19-10-5-9-18(15-19)22-20(25)21-16-17-7-3-2-4-8-17/h5,9-10,15,17H,2-4,6-8,11-14,16H2,1H3,(H2,21,22,25). The predicted molar refractivity (Wildman–Crippen MR) is 111 cm³/mol. The molecule has 0 unspecified atom stereocenters. The number of likely N-dealkylation sites (N-methyl/N-ethyl adjacent to an activating group) is 1. The molecule has 1 saturated carbocycles. The summed E-state index contributed by atoms with van der Waals surface area (Å²) in [5.41, 5.74) is 0.495. The van der Waals surface area contributed by atoms with E-state index in [-0.39, 0.29) is 10.9 Å². The Hall–Kier alpha value is -1.64. The van der Waals surface area contributed by atoms with Crippen molar-refractivity contribution in [2.24, 2.45) is 5.92 Å². The van der Waals surface area contributed by atoms with Crippen LogP contribution in [0.2, 0.25) is 0 Å². The van der Waals surface area contributed by atoms with Gasteiger partial charge in [0.15, 0.2) is 0 Å². The quantitative estimate of drug-likeness (QED) is 0.785. The van der Waals surface area contributed by atoms with Crippen LogP contribution in [0.3, 0.4) is 0 Å². The van der Waals surface area contributed by atoms with Crippen molar-refractivity contribution in [3.05, 3.63) is 24.3 Å². The highest BCUT2D eigenvalue weighted by atomic mass is 32.2. The lowest BCUT2D eigenvalue weighted by molar-refractivity contribution is 0.247. The molecule has 2 fully saturated rings. The Balaban J connectivity index is 1.60. The maximum absolute atomic E-state index is 13.0. The number of hydrogen-bond donors (Lipinski definition) is 2. The molecule has 1 aliphatic heterocycles. The van der Waals surface area contributed by atoms with E-state index < -0.39 is 10.0 Å². The van der Waals surface area contributed by atoms with Crippen LogP contribution in [0.25, 0.3) is 0 Å². The summed E-state index contributed by atoms with van der Waals surface area (Å²) < 4.78 is 27.5. The van der Waals surface area contributed by atoms with Gasteiger partial charge in [0.25, 0.3) is 0 Å². The van der Waals surface area contributed by atoms with Crippen molar-refractivity contribution in [1.82, 2.24) is 14.5 Å². The Labute approximate surface area is 168 Å². The van der Waals surface area contributed by atoms with Gasteiger partial charge in [-0.3, -0.25) is 0 Å². The van der Waals surface area contributed by atoms with Gasteiger partial charge < -0.3 is 15.5 Å². The predicted octanol–water partition coefficient (Wildman–Crippen LogP) is 2.71. The Bertz CT molecular complexity index is 762. The van der Waals surface area contributed by atoms with Crippen molar-refractivity contribution in [3.63, 3.8) is 0 Å². The molecule has 0 aromatic heterocycles. The highest BCUT2D eigenvalue weighted by Crippen LogP contribution is 2.23. The molecule has 7 nitrogen and oxygen atoms in total. The molecule has 1 heterocycles. The van der Waals surface area contributed by atoms with Gasteiger partial charge in [0, 0.05) is 31.9 Å². The summed E-state index contributed by atoms with van der Waals surface area (Å²) in [6.45, 7) is 3.30. The SMILES string of the molecule is CN1CCCN(S(=O)(=O)c2cccc(NC(=O)NCC3CCCCC3)c2)CC1. The molecule has 0 atom stereocenters. The van der Waals surface area contributed by atoms with Crippen molar-refractivity contribution >= 4 is 21.7 Å². The number of hydrogen-bond acceptors (Lipinski definition) is 4.